The Bertz CT molecular complexity index is 1180. The third-order valence-corrected chi connectivity index (χ3v) is 8.90. The van der Waals surface area contributed by atoms with E-state index < -0.39 is 34.4 Å². The Morgan fingerprint density at radius 1 is 1.10 bits per heavy atom. The lowest BCUT2D eigenvalue weighted by Gasteiger charge is -2.31. The molecule has 2 aromatic rings. The maximum absolute atomic E-state index is 13.6. The van der Waals surface area contributed by atoms with Crippen LogP contribution in [0, 0.1) is 11.8 Å². The molecule has 2 saturated heterocycles. The molecule has 10 nitrogen and oxygen atoms in total. The van der Waals surface area contributed by atoms with E-state index in [0.717, 1.165) is 17.7 Å². The number of amides is 1. The van der Waals surface area contributed by atoms with Crippen LogP contribution in [0.1, 0.15) is 25.8 Å². The number of rotatable bonds is 12. The van der Waals surface area contributed by atoms with E-state index in [2.05, 4.69) is 10.6 Å². The van der Waals surface area contributed by atoms with E-state index in [0.29, 0.717) is 13.0 Å². The van der Waals surface area contributed by atoms with Gasteiger partial charge in [-0.1, -0.05) is 44.2 Å². The molecule has 39 heavy (non-hydrogen) atoms. The molecule has 4 rings (SSSR count). The number of nitrogens with one attached hydrogen (secondary N) is 2. The molecule has 0 aliphatic carbocycles. The van der Waals surface area contributed by atoms with Gasteiger partial charge in [0.25, 0.3) is 0 Å². The predicted molar refractivity (Wildman–Crippen MR) is 147 cm³/mol. The second-order valence-electron chi connectivity index (χ2n) is 10.5. The molecule has 5 atom stereocenters. The Morgan fingerprint density at radius 2 is 1.82 bits per heavy atom. The Kier molecular flexibility index (Phi) is 9.84. The summed E-state index contributed by atoms with van der Waals surface area (Å²) in [5.41, 5.74) is 1.68. The lowest BCUT2D eigenvalue weighted by atomic mass is 10.0. The first-order chi connectivity index (χ1) is 18.7. The van der Waals surface area contributed by atoms with Crippen LogP contribution in [0.2, 0.25) is 0 Å². The van der Waals surface area contributed by atoms with Gasteiger partial charge in [-0.25, -0.2) is 13.2 Å². The fourth-order valence-electron chi connectivity index (χ4n) is 4.98. The average Bonchev–Trinajstić information content (AvgIpc) is 3.53. The first-order valence-electron chi connectivity index (χ1n) is 13.4. The van der Waals surface area contributed by atoms with Crippen molar-refractivity contribution in [1.29, 1.82) is 0 Å². The Hall–Kier alpha value is -2.70. The molecule has 0 spiro atoms. The Labute approximate surface area is 230 Å². The number of aliphatic hydroxyl groups is 1. The minimum Gasteiger partial charge on any atom is -0.443 e. The number of hydrogen-bond acceptors (Lipinski definition) is 8. The summed E-state index contributed by atoms with van der Waals surface area (Å²) < 4.78 is 45.2. The quantitative estimate of drug-likeness (QED) is 0.361. The highest BCUT2D eigenvalue weighted by Crippen LogP contribution is 2.33. The van der Waals surface area contributed by atoms with Gasteiger partial charge in [0, 0.05) is 25.8 Å². The topological polar surface area (TPSA) is 126 Å². The number of nitrogens with zero attached hydrogens (tertiary/aromatic N) is 1. The molecule has 0 radical (unpaired) electrons. The first kappa shape index (κ1) is 29.3. The number of benzene rings is 2. The summed E-state index contributed by atoms with van der Waals surface area (Å²) >= 11 is 0. The summed E-state index contributed by atoms with van der Waals surface area (Å²) in [5.74, 6) is -0.00721. The molecule has 3 N–H and O–H groups in total. The van der Waals surface area contributed by atoms with Gasteiger partial charge in [0.15, 0.2) is 6.29 Å². The normalized spacial score (nSPS) is 22.5. The zero-order valence-electron chi connectivity index (χ0n) is 22.7. The minimum atomic E-state index is -3.91. The molecular formula is C28H39N3O7S. The lowest BCUT2D eigenvalue weighted by Crippen LogP contribution is -2.51. The van der Waals surface area contributed by atoms with E-state index in [-0.39, 0.29) is 42.7 Å². The summed E-state index contributed by atoms with van der Waals surface area (Å²) in [4.78, 5) is 13.1. The molecule has 2 aromatic carbocycles. The van der Waals surface area contributed by atoms with Gasteiger partial charge < -0.3 is 30.0 Å². The van der Waals surface area contributed by atoms with E-state index in [1.807, 2.05) is 44.2 Å². The van der Waals surface area contributed by atoms with Crippen molar-refractivity contribution in [3.05, 3.63) is 60.2 Å². The van der Waals surface area contributed by atoms with Crippen LogP contribution in [0.25, 0.3) is 0 Å². The zero-order valence-corrected chi connectivity index (χ0v) is 23.5. The van der Waals surface area contributed by atoms with Crippen LogP contribution in [0.15, 0.2) is 59.5 Å². The summed E-state index contributed by atoms with van der Waals surface area (Å²) in [5, 5.41) is 17.2. The predicted octanol–water partition coefficient (Wildman–Crippen LogP) is 2.83. The van der Waals surface area contributed by atoms with Crippen molar-refractivity contribution in [1.82, 2.24) is 9.62 Å². The molecule has 2 heterocycles. The minimum absolute atomic E-state index is 0.0120. The summed E-state index contributed by atoms with van der Waals surface area (Å²) in [6.45, 7) is 4.65. The van der Waals surface area contributed by atoms with Crippen molar-refractivity contribution >= 4 is 21.8 Å². The van der Waals surface area contributed by atoms with Gasteiger partial charge in [0.1, 0.15) is 6.10 Å². The molecule has 4 unspecified atom stereocenters. The molecule has 2 aliphatic rings. The molecule has 11 heteroatoms. The van der Waals surface area contributed by atoms with Crippen molar-refractivity contribution in [3.63, 3.8) is 0 Å². The average molecular weight is 562 g/mol. The maximum Gasteiger partial charge on any atom is 0.407 e. The third-order valence-electron chi connectivity index (χ3n) is 7.05. The number of carbonyl (C=O) groups is 1. The summed E-state index contributed by atoms with van der Waals surface area (Å²) in [7, 11) is -2.15. The zero-order chi connectivity index (χ0) is 28.0. The molecule has 0 aromatic heterocycles. The van der Waals surface area contributed by atoms with Gasteiger partial charge in [-0.05, 0) is 48.6 Å². The maximum atomic E-state index is 13.6. The van der Waals surface area contributed by atoms with Gasteiger partial charge in [-0.2, -0.15) is 4.31 Å². The fraction of sp³-hybridized carbons (Fsp3) is 0.536. The fourth-order valence-corrected chi connectivity index (χ4v) is 6.60. The number of anilines is 1. The van der Waals surface area contributed by atoms with Gasteiger partial charge in [0.05, 0.1) is 36.2 Å². The molecule has 2 fully saturated rings. The monoisotopic (exact) mass is 561 g/mol. The molecule has 2 aliphatic heterocycles. The SMILES string of the molecule is CNc1ccc(S(=O)(=O)N(CC(C)C)CC(O)C(Cc2ccccc2)NC(=O)O[C@H]2COC3OCCC32)cc1. The summed E-state index contributed by atoms with van der Waals surface area (Å²) in [6, 6.07) is 15.1. The van der Waals surface area contributed by atoms with E-state index in [1.165, 1.54) is 4.31 Å². The van der Waals surface area contributed by atoms with E-state index >= 15 is 0 Å². The highest BCUT2D eigenvalue weighted by Gasteiger charge is 2.44. The van der Waals surface area contributed by atoms with Gasteiger partial charge in [-0.15, -0.1) is 0 Å². The summed E-state index contributed by atoms with van der Waals surface area (Å²) in [6.07, 6.45) is -1.64. The van der Waals surface area contributed by atoms with Crippen molar-refractivity contribution in [3.8, 4) is 0 Å². The third kappa shape index (κ3) is 7.49. The Morgan fingerprint density at radius 3 is 2.49 bits per heavy atom. The van der Waals surface area contributed by atoms with Crippen LogP contribution in [-0.4, -0.2) is 81.8 Å². The second-order valence-corrected chi connectivity index (χ2v) is 12.4. The van der Waals surface area contributed by atoms with Crippen molar-refractivity contribution in [2.45, 2.75) is 56.1 Å². The highest BCUT2D eigenvalue weighted by molar-refractivity contribution is 7.89. The van der Waals surface area contributed by atoms with Gasteiger partial charge >= 0.3 is 6.09 Å². The molecule has 1 amide bonds. The van der Waals surface area contributed by atoms with Crippen LogP contribution in [-0.2, 0) is 30.7 Å². The van der Waals surface area contributed by atoms with Crippen LogP contribution >= 0.6 is 0 Å². The number of hydrogen-bond donors (Lipinski definition) is 3. The standard InChI is InChI=1S/C28H39N3O7S/c1-19(2)16-31(39(34,35)22-11-9-21(29-3)10-12-22)17-25(32)24(15-20-7-5-4-6-8-20)30-28(33)38-26-18-37-27-23(26)13-14-36-27/h4-12,19,23-27,29,32H,13-18H2,1-3H3,(H,30,33)/t23?,24?,25?,26-,27?/m0/s1. The highest BCUT2D eigenvalue weighted by atomic mass is 32.2. The number of sulfonamides is 1. The first-order valence-corrected chi connectivity index (χ1v) is 14.8. The van der Waals surface area contributed by atoms with Crippen LogP contribution in [0.4, 0.5) is 10.5 Å². The van der Waals surface area contributed by atoms with Crippen LogP contribution < -0.4 is 10.6 Å². The van der Waals surface area contributed by atoms with Crippen LogP contribution in [0.3, 0.4) is 0 Å². The molecule has 0 bridgehead atoms. The van der Waals surface area contributed by atoms with Gasteiger partial charge in [0.2, 0.25) is 10.0 Å². The second kappa shape index (κ2) is 13.1. The lowest BCUT2D eigenvalue weighted by molar-refractivity contribution is -0.0907. The Balaban J connectivity index is 1.51. The number of carbonyl (C=O) groups excluding carboxylic acids is 1. The van der Waals surface area contributed by atoms with E-state index in [1.54, 1.807) is 31.3 Å². The van der Waals surface area contributed by atoms with Crippen molar-refractivity contribution in [2.75, 3.05) is 38.7 Å². The molecular weight excluding hydrogens is 522 g/mol. The number of alkyl carbamates (subject to hydrolysis) is 1. The number of aliphatic hydroxyl groups excluding tert-OH is 1. The van der Waals surface area contributed by atoms with E-state index in [9.17, 15) is 18.3 Å². The molecule has 0 saturated carbocycles. The van der Waals surface area contributed by atoms with Crippen molar-refractivity contribution in [2.24, 2.45) is 11.8 Å². The van der Waals surface area contributed by atoms with Crippen molar-refractivity contribution < 1.29 is 32.5 Å². The van der Waals surface area contributed by atoms with Crippen LogP contribution in [0.5, 0.6) is 0 Å². The van der Waals surface area contributed by atoms with E-state index in [4.69, 9.17) is 14.2 Å². The smallest absolute Gasteiger partial charge is 0.407 e. The number of ether oxygens (including phenoxy) is 3. The van der Waals surface area contributed by atoms with Gasteiger partial charge in [-0.3, -0.25) is 0 Å². The molecule has 214 valence electrons. The number of fused-ring (bicyclic) bond motifs is 1. The largest absolute Gasteiger partial charge is 0.443 e.